The van der Waals surface area contributed by atoms with Gasteiger partial charge in [-0.2, -0.15) is 0 Å². The van der Waals surface area contributed by atoms with Crippen LogP contribution in [0, 0.1) is 17.8 Å². The number of likely N-dealkylation sites (tertiary alicyclic amines) is 1. The van der Waals surface area contributed by atoms with Crippen molar-refractivity contribution < 1.29 is 13.2 Å². The first-order valence-electron chi connectivity index (χ1n) is 10.2. The lowest BCUT2D eigenvalue weighted by Crippen LogP contribution is -2.53. The summed E-state index contributed by atoms with van der Waals surface area (Å²) in [4.78, 5) is 2.63. The van der Waals surface area contributed by atoms with Crippen molar-refractivity contribution in [3.05, 3.63) is 29.8 Å². The van der Waals surface area contributed by atoms with Gasteiger partial charge in [0.2, 0.25) is 10.0 Å². The minimum Gasteiger partial charge on any atom is -0.373 e. The van der Waals surface area contributed by atoms with Gasteiger partial charge >= 0.3 is 0 Å². The molecule has 2 fully saturated rings. The maximum atomic E-state index is 11.6. The summed E-state index contributed by atoms with van der Waals surface area (Å²) in [6, 6.07) is 7.79. The standard InChI is InChI=1S/C21H34N2O3S/c1-5-16(6-2)13-23-14-18-10-11-19(15-23)21(18,26-3)17-8-7-9-20(12-17)22-27(4,24)25/h7-9,12,16,18-19,22H,5-6,10-11,13-15H2,1-4H3. The van der Waals surface area contributed by atoms with E-state index in [4.69, 9.17) is 4.74 Å². The summed E-state index contributed by atoms with van der Waals surface area (Å²) in [5.74, 6) is 1.66. The fraction of sp³-hybridized carbons (Fsp3) is 0.714. The summed E-state index contributed by atoms with van der Waals surface area (Å²) in [5, 5.41) is 0. The Balaban J connectivity index is 1.86. The maximum absolute atomic E-state index is 11.6. The largest absolute Gasteiger partial charge is 0.373 e. The molecule has 3 rings (SSSR count). The number of rotatable bonds is 8. The number of hydrogen-bond donors (Lipinski definition) is 1. The van der Waals surface area contributed by atoms with Crippen LogP contribution in [0.4, 0.5) is 5.69 Å². The third-order valence-electron chi connectivity index (χ3n) is 6.66. The van der Waals surface area contributed by atoms with Crippen molar-refractivity contribution in [1.82, 2.24) is 4.90 Å². The number of sulfonamides is 1. The molecule has 0 amide bonds. The minimum atomic E-state index is -3.29. The predicted molar refractivity (Wildman–Crippen MR) is 110 cm³/mol. The number of methoxy groups -OCH3 is 1. The summed E-state index contributed by atoms with van der Waals surface area (Å²) in [7, 11) is -1.47. The molecule has 1 heterocycles. The topological polar surface area (TPSA) is 58.6 Å². The highest BCUT2D eigenvalue weighted by atomic mass is 32.2. The van der Waals surface area contributed by atoms with Crippen LogP contribution in [0.15, 0.2) is 24.3 Å². The first kappa shape index (κ1) is 20.6. The van der Waals surface area contributed by atoms with Crippen molar-refractivity contribution in [3.8, 4) is 0 Å². The highest BCUT2D eigenvalue weighted by molar-refractivity contribution is 7.92. The first-order chi connectivity index (χ1) is 12.8. The Morgan fingerprint density at radius 2 is 1.85 bits per heavy atom. The van der Waals surface area contributed by atoms with E-state index in [0.29, 0.717) is 17.5 Å². The zero-order chi connectivity index (χ0) is 19.7. The number of nitrogens with zero attached hydrogens (tertiary/aromatic N) is 1. The summed E-state index contributed by atoms with van der Waals surface area (Å²) in [6.45, 7) is 7.86. The van der Waals surface area contributed by atoms with Gasteiger partial charge in [-0.3, -0.25) is 4.72 Å². The number of hydrogen-bond acceptors (Lipinski definition) is 4. The fourth-order valence-corrected chi connectivity index (χ4v) is 5.89. The lowest BCUT2D eigenvalue weighted by Gasteiger charge is -2.48. The molecule has 5 nitrogen and oxygen atoms in total. The summed E-state index contributed by atoms with van der Waals surface area (Å²) < 4.78 is 32.1. The number of piperidine rings is 1. The molecule has 1 saturated heterocycles. The van der Waals surface area contributed by atoms with Crippen molar-refractivity contribution in [3.63, 3.8) is 0 Å². The van der Waals surface area contributed by atoms with E-state index >= 15 is 0 Å². The van der Waals surface area contributed by atoms with Gasteiger partial charge in [-0.15, -0.1) is 0 Å². The van der Waals surface area contributed by atoms with Crippen LogP contribution in [0.1, 0.15) is 45.1 Å². The van der Waals surface area contributed by atoms with Gasteiger partial charge in [0.1, 0.15) is 5.60 Å². The van der Waals surface area contributed by atoms with Gasteiger partial charge < -0.3 is 9.64 Å². The van der Waals surface area contributed by atoms with E-state index in [-0.39, 0.29) is 5.60 Å². The maximum Gasteiger partial charge on any atom is 0.229 e. The quantitative estimate of drug-likeness (QED) is 0.731. The highest BCUT2D eigenvalue weighted by Crippen LogP contribution is 2.54. The predicted octanol–water partition coefficient (Wildman–Crippen LogP) is 3.68. The molecule has 1 aromatic rings. The number of benzene rings is 1. The smallest absolute Gasteiger partial charge is 0.229 e. The highest BCUT2D eigenvalue weighted by Gasteiger charge is 2.55. The number of ether oxygens (including phenoxy) is 1. The van der Waals surface area contributed by atoms with Crippen LogP contribution >= 0.6 is 0 Å². The van der Waals surface area contributed by atoms with Crippen LogP contribution in [0.3, 0.4) is 0 Å². The Morgan fingerprint density at radius 1 is 1.22 bits per heavy atom. The van der Waals surface area contributed by atoms with E-state index < -0.39 is 10.0 Å². The van der Waals surface area contributed by atoms with Crippen LogP contribution in [0.25, 0.3) is 0 Å². The Labute approximate surface area is 164 Å². The fourth-order valence-electron chi connectivity index (χ4n) is 5.34. The van der Waals surface area contributed by atoms with E-state index in [1.54, 1.807) is 6.07 Å². The van der Waals surface area contributed by atoms with Crippen LogP contribution in [-0.4, -0.2) is 46.3 Å². The van der Waals surface area contributed by atoms with E-state index in [1.807, 2.05) is 19.2 Å². The second kappa shape index (κ2) is 8.10. The molecule has 0 radical (unpaired) electrons. The minimum absolute atomic E-state index is 0.306. The Bertz CT molecular complexity index is 732. The van der Waals surface area contributed by atoms with Crippen molar-refractivity contribution in [2.24, 2.45) is 17.8 Å². The molecule has 1 aliphatic carbocycles. The Hall–Kier alpha value is -1.11. The molecular formula is C21H34N2O3S. The molecule has 2 unspecified atom stereocenters. The molecule has 1 aromatic carbocycles. The van der Waals surface area contributed by atoms with Crippen LogP contribution in [-0.2, 0) is 20.4 Å². The Kier molecular flexibility index (Phi) is 6.18. The van der Waals surface area contributed by atoms with Crippen molar-refractivity contribution >= 4 is 15.7 Å². The third kappa shape index (κ3) is 4.17. The zero-order valence-electron chi connectivity index (χ0n) is 17.1. The number of nitrogens with one attached hydrogen (secondary N) is 1. The molecule has 0 spiro atoms. The summed E-state index contributed by atoms with van der Waals surface area (Å²) in [6.07, 6.45) is 5.99. The molecule has 1 aliphatic heterocycles. The third-order valence-corrected chi connectivity index (χ3v) is 7.27. The molecule has 27 heavy (non-hydrogen) atoms. The lowest BCUT2D eigenvalue weighted by molar-refractivity contribution is -0.120. The van der Waals surface area contributed by atoms with Gasteiger partial charge in [0.25, 0.3) is 0 Å². The number of anilines is 1. The van der Waals surface area contributed by atoms with Gasteiger partial charge in [0.15, 0.2) is 0 Å². The first-order valence-corrected chi connectivity index (χ1v) is 12.1. The molecule has 152 valence electrons. The zero-order valence-corrected chi connectivity index (χ0v) is 17.9. The SMILES string of the molecule is CCC(CC)CN1CC2CCC(C1)C2(OC)c1cccc(NS(C)(=O)=O)c1. The van der Waals surface area contributed by atoms with Crippen LogP contribution in [0.2, 0.25) is 0 Å². The van der Waals surface area contributed by atoms with Crippen molar-refractivity contribution in [2.75, 3.05) is 37.7 Å². The molecule has 2 bridgehead atoms. The van der Waals surface area contributed by atoms with Gasteiger partial charge in [-0.05, 0) is 36.5 Å². The van der Waals surface area contributed by atoms with Crippen LogP contribution < -0.4 is 4.72 Å². The second-order valence-electron chi connectivity index (χ2n) is 8.32. The molecular weight excluding hydrogens is 360 g/mol. The molecule has 0 aromatic heterocycles. The lowest BCUT2D eigenvalue weighted by atomic mass is 9.74. The molecule has 1 saturated carbocycles. The van der Waals surface area contributed by atoms with E-state index in [2.05, 4.69) is 29.5 Å². The molecule has 6 heteroatoms. The molecule has 2 aliphatic rings. The van der Waals surface area contributed by atoms with Crippen molar-refractivity contribution in [1.29, 1.82) is 0 Å². The van der Waals surface area contributed by atoms with E-state index in [1.165, 1.54) is 38.5 Å². The van der Waals surface area contributed by atoms with Gasteiger partial charge in [-0.1, -0.05) is 38.8 Å². The molecule has 1 N–H and O–H groups in total. The monoisotopic (exact) mass is 394 g/mol. The van der Waals surface area contributed by atoms with Crippen LogP contribution in [0.5, 0.6) is 0 Å². The van der Waals surface area contributed by atoms with Gasteiger partial charge in [-0.25, -0.2) is 8.42 Å². The Morgan fingerprint density at radius 3 is 2.37 bits per heavy atom. The van der Waals surface area contributed by atoms with E-state index in [9.17, 15) is 8.42 Å². The van der Waals surface area contributed by atoms with Crippen molar-refractivity contribution in [2.45, 2.75) is 45.1 Å². The van der Waals surface area contributed by atoms with Gasteiger partial charge in [0.05, 0.1) is 6.26 Å². The average Bonchev–Trinajstić information content (AvgIpc) is 2.82. The van der Waals surface area contributed by atoms with Gasteiger partial charge in [0, 0.05) is 44.3 Å². The summed E-state index contributed by atoms with van der Waals surface area (Å²) >= 11 is 0. The van der Waals surface area contributed by atoms with E-state index in [0.717, 1.165) is 24.6 Å². The molecule has 2 atom stereocenters. The normalized spacial score (nSPS) is 28.6. The second-order valence-corrected chi connectivity index (χ2v) is 10.1. The summed E-state index contributed by atoms with van der Waals surface area (Å²) in [5.41, 5.74) is 1.42. The number of fused-ring (bicyclic) bond motifs is 2. The average molecular weight is 395 g/mol.